The Bertz CT molecular complexity index is 461. The molecule has 1 saturated heterocycles. The number of aliphatic hydroxyl groups is 1. The Balaban J connectivity index is 1.69. The largest absolute Gasteiger partial charge is 0.388 e. The normalized spacial score (nSPS) is 28.8. The lowest BCUT2D eigenvalue weighted by molar-refractivity contribution is 0.0487. The van der Waals surface area contributed by atoms with Gasteiger partial charge in [0.1, 0.15) is 0 Å². The van der Waals surface area contributed by atoms with E-state index in [1.807, 2.05) is 12.1 Å². The van der Waals surface area contributed by atoms with Crippen LogP contribution in [-0.4, -0.2) is 34.7 Å². The number of hydrogen-bond donors (Lipinski definition) is 1. The first-order valence-electron chi connectivity index (χ1n) is 6.46. The summed E-state index contributed by atoms with van der Waals surface area (Å²) in [4.78, 5) is 2.41. The molecule has 2 aliphatic rings. The lowest BCUT2D eigenvalue weighted by Crippen LogP contribution is -2.36. The average Bonchev–Trinajstić information content (AvgIpc) is 3.09. The van der Waals surface area contributed by atoms with Gasteiger partial charge in [-0.05, 0) is 37.0 Å². The molecule has 18 heavy (non-hydrogen) atoms. The number of hydrogen-bond acceptors (Lipinski definition) is 2. The molecule has 1 saturated carbocycles. The zero-order chi connectivity index (χ0) is 12.8. The maximum absolute atomic E-state index is 10.6. The molecule has 1 aromatic rings. The van der Waals surface area contributed by atoms with Gasteiger partial charge in [0, 0.05) is 25.6 Å². The molecule has 4 heteroatoms. The highest BCUT2D eigenvalue weighted by Crippen LogP contribution is 2.35. The van der Waals surface area contributed by atoms with Gasteiger partial charge in [-0.2, -0.15) is 0 Å². The molecule has 0 amide bonds. The topological polar surface area (TPSA) is 23.5 Å². The molecule has 1 aliphatic carbocycles. The summed E-state index contributed by atoms with van der Waals surface area (Å²) in [5.74, 6) is 0. The molecule has 1 aromatic carbocycles. The maximum atomic E-state index is 10.6. The van der Waals surface area contributed by atoms with E-state index >= 15 is 0 Å². The molecule has 1 heterocycles. The van der Waals surface area contributed by atoms with E-state index in [1.165, 1.54) is 12.8 Å². The summed E-state index contributed by atoms with van der Waals surface area (Å²) in [6.45, 7) is 1.81. The van der Waals surface area contributed by atoms with Crippen LogP contribution in [0.2, 0.25) is 10.0 Å². The standard InChI is InChI=1S/C14H17Cl2NO/c15-12-4-1-10(7-13(12)16)8-14(18)5-6-17(9-14)11-2-3-11/h1,4,7,11,18H,2-3,5-6,8-9H2. The zero-order valence-corrected chi connectivity index (χ0v) is 11.7. The van der Waals surface area contributed by atoms with Crippen molar-refractivity contribution in [3.8, 4) is 0 Å². The number of likely N-dealkylation sites (tertiary alicyclic amines) is 1. The van der Waals surface area contributed by atoms with Crippen LogP contribution in [0.15, 0.2) is 18.2 Å². The highest BCUT2D eigenvalue weighted by Gasteiger charge is 2.41. The first kappa shape index (κ1) is 12.7. The van der Waals surface area contributed by atoms with Crippen LogP contribution in [0.3, 0.4) is 0 Å². The lowest BCUT2D eigenvalue weighted by atomic mass is 9.94. The predicted molar refractivity (Wildman–Crippen MR) is 74.3 cm³/mol. The number of nitrogens with zero attached hydrogens (tertiary/aromatic N) is 1. The summed E-state index contributed by atoms with van der Waals surface area (Å²) in [5.41, 5.74) is 0.462. The Hall–Kier alpha value is -0.280. The van der Waals surface area contributed by atoms with Crippen molar-refractivity contribution >= 4 is 23.2 Å². The Morgan fingerprint density at radius 3 is 2.72 bits per heavy atom. The van der Waals surface area contributed by atoms with E-state index in [9.17, 15) is 5.11 Å². The SMILES string of the molecule is OC1(Cc2ccc(Cl)c(Cl)c2)CCN(C2CC2)C1. The summed E-state index contributed by atoms with van der Waals surface area (Å²) in [7, 11) is 0. The molecule has 0 aromatic heterocycles. The van der Waals surface area contributed by atoms with Crippen molar-refractivity contribution in [2.75, 3.05) is 13.1 Å². The third-order valence-corrected chi connectivity index (χ3v) is 4.68. The molecular weight excluding hydrogens is 269 g/mol. The molecule has 1 unspecified atom stereocenters. The van der Waals surface area contributed by atoms with Crippen LogP contribution in [-0.2, 0) is 6.42 Å². The van der Waals surface area contributed by atoms with Crippen molar-refractivity contribution in [2.24, 2.45) is 0 Å². The summed E-state index contributed by atoms with van der Waals surface area (Å²) in [6.07, 6.45) is 4.10. The van der Waals surface area contributed by atoms with Gasteiger partial charge < -0.3 is 5.11 Å². The zero-order valence-electron chi connectivity index (χ0n) is 10.2. The van der Waals surface area contributed by atoms with Gasteiger partial charge in [-0.25, -0.2) is 0 Å². The van der Waals surface area contributed by atoms with Gasteiger partial charge in [-0.1, -0.05) is 29.3 Å². The predicted octanol–water partition coefficient (Wildman–Crippen LogP) is 3.14. The van der Waals surface area contributed by atoms with Crippen molar-refractivity contribution in [3.05, 3.63) is 33.8 Å². The van der Waals surface area contributed by atoms with Crippen molar-refractivity contribution in [1.29, 1.82) is 0 Å². The third-order valence-electron chi connectivity index (χ3n) is 3.94. The Morgan fingerprint density at radius 2 is 2.06 bits per heavy atom. The van der Waals surface area contributed by atoms with E-state index in [-0.39, 0.29) is 0 Å². The molecule has 2 nitrogen and oxygen atoms in total. The van der Waals surface area contributed by atoms with E-state index in [4.69, 9.17) is 23.2 Å². The summed E-state index contributed by atoms with van der Waals surface area (Å²) < 4.78 is 0. The molecule has 98 valence electrons. The fourth-order valence-corrected chi connectivity index (χ4v) is 3.13. The highest BCUT2D eigenvalue weighted by atomic mass is 35.5. The van der Waals surface area contributed by atoms with Crippen molar-refractivity contribution in [3.63, 3.8) is 0 Å². The quantitative estimate of drug-likeness (QED) is 0.922. The minimum Gasteiger partial charge on any atom is -0.388 e. The molecule has 1 N–H and O–H groups in total. The second-order valence-electron chi connectivity index (χ2n) is 5.60. The molecule has 1 atom stereocenters. The monoisotopic (exact) mass is 285 g/mol. The highest BCUT2D eigenvalue weighted by molar-refractivity contribution is 6.42. The van der Waals surface area contributed by atoms with Crippen LogP contribution in [0, 0.1) is 0 Å². The minimum atomic E-state index is -0.597. The van der Waals surface area contributed by atoms with Gasteiger partial charge in [0.05, 0.1) is 15.6 Å². The Labute approximate surface area is 117 Å². The third kappa shape index (κ3) is 2.67. The van der Waals surface area contributed by atoms with Gasteiger partial charge >= 0.3 is 0 Å². The smallest absolute Gasteiger partial charge is 0.0826 e. The first-order chi connectivity index (χ1) is 8.56. The van der Waals surface area contributed by atoms with Gasteiger partial charge in [0.15, 0.2) is 0 Å². The van der Waals surface area contributed by atoms with Crippen LogP contribution in [0.4, 0.5) is 0 Å². The van der Waals surface area contributed by atoms with Gasteiger partial charge in [-0.15, -0.1) is 0 Å². The van der Waals surface area contributed by atoms with Crippen LogP contribution < -0.4 is 0 Å². The van der Waals surface area contributed by atoms with E-state index < -0.39 is 5.60 Å². The fourth-order valence-electron chi connectivity index (χ4n) is 2.81. The molecule has 2 fully saturated rings. The van der Waals surface area contributed by atoms with E-state index in [1.54, 1.807) is 6.07 Å². The summed E-state index contributed by atoms with van der Waals surface area (Å²) in [6, 6.07) is 6.34. The maximum Gasteiger partial charge on any atom is 0.0826 e. The average molecular weight is 286 g/mol. The summed E-state index contributed by atoms with van der Waals surface area (Å²) in [5, 5.41) is 11.8. The molecule has 0 bridgehead atoms. The lowest BCUT2D eigenvalue weighted by Gasteiger charge is -2.23. The summed E-state index contributed by atoms with van der Waals surface area (Å²) >= 11 is 11.9. The fraction of sp³-hybridized carbons (Fsp3) is 0.571. The van der Waals surface area contributed by atoms with Gasteiger partial charge in [0.25, 0.3) is 0 Å². The van der Waals surface area contributed by atoms with Gasteiger partial charge in [-0.3, -0.25) is 4.90 Å². The molecule has 0 radical (unpaired) electrons. The van der Waals surface area contributed by atoms with Crippen LogP contribution in [0.5, 0.6) is 0 Å². The van der Waals surface area contributed by atoms with Crippen LogP contribution in [0.25, 0.3) is 0 Å². The van der Waals surface area contributed by atoms with Crippen LogP contribution >= 0.6 is 23.2 Å². The molecular formula is C14H17Cl2NO. The number of benzene rings is 1. The van der Waals surface area contributed by atoms with E-state index in [0.29, 0.717) is 16.5 Å². The number of rotatable bonds is 3. The molecule has 0 spiro atoms. The molecule has 1 aliphatic heterocycles. The Morgan fingerprint density at radius 1 is 1.28 bits per heavy atom. The Kier molecular flexibility index (Phi) is 3.31. The van der Waals surface area contributed by atoms with Crippen LogP contribution in [0.1, 0.15) is 24.8 Å². The number of β-amino-alcohol motifs (C(OH)–C–C–N with tert-alkyl or cyclic N) is 1. The molecule has 3 rings (SSSR count). The van der Waals surface area contributed by atoms with Gasteiger partial charge in [0.2, 0.25) is 0 Å². The van der Waals surface area contributed by atoms with Crippen molar-refractivity contribution in [1.82, 2.24) is 4.90 Å². The van der Waals surface area contributed by atoms with Crippen molar-refractivity contribution < 1.29 is 5.11 Å². The second-order valence-corrected chi connectivity index (χ2v) is 6.42. The van der Waals surface area contributed by atoms with Crippen molar-refractivity contribution in [2.45, 2.75) is 37.3 Å². The first-order valence-corrected chi connectivity index (χ1v) is 7.22. The minimum absolute atomic E-state index is 0.565. The number of halogens is 2. The van der Waals surface area contributed by atoms with E-state index in [2.05, 4.69) is 4.90 Å². The second kappa shape index (κ2) is 4.68. The van der Waals surface area contributed by atoms with E-state index in [0.717, 1.165) is 31.1 Å².